The van der Waals surface area contributed by atoms with Gasteiger partial charge in [-0.25, -0.2) is 4.79 Å². The molecule has 0 heterocycles. The predicted octanol–water partition coefficient (Wildman–Crippen LogP) is 6.67. The molecule has 0 amide bonds. The largest absolute Gasteiger partial charge is 0.493 e. The van der Waals surface area contributed by atoms with E-state index in [-0.39, 0.29) is 11.5 Å². The molecule has 1 N–H and O–H groups in total. The Morgan fingerprint density at radius 1 is 0.926 bits per heavy atom. The van der Waals surface area contributed by atoms with Gasteiger partial charge in [0.25, 0.3) is 0 Å². The van der Waals surface area contributed by atoms with Gasteiger partial charge in [-0.05, 0) is 29.7 Å². The monoisotopic (exact) mass is 368 g/mol. The lowest BCUT2D eigenvalue weighted by Gasteiger charge is -2.15. The fraction of sp³-hybridized carbons (Fsp3) is 0.458. The van der Waals surface area contributed by atoms with E-state index in [9.17, 15) is 9.90 Å². The van der Waals surface area contributed by atoms with Crippen molar-refractivity contribution < 1.29 is 14.6 Å². The number of ether oxygens (including phenoxy) is 1. The van der Waals surface area contributed by atoms with Gasteiger partial charge in [0.1, 0.15) is 11.3 Å². The average molecular weight is 369 g/mol. The van der Waals surface area contributed by atoms with Crippen molar-refractivity contribution in [1.82, 2.24) is 0 Å². The van der Waals surface area contributed by atoms with E-state index in [0.29, 0.717) is 12.4 Å². The van der Waals surface area contributed by atoms with Gasteiger partial charge in [-0.3, -0.25) is 0 Å². The minimum absolute atomic E-state index is 0.140. The highest BCUT2D eigenvalue weighted by Gasteiger charge is 2.16. The Morgan fingerprint density at radius 2 is 1.59 bits per heavy atom. The lowest BCUT2D eigenvalue weighted by atomic mass is 9.92. The summed E-state index contributed by atoms with van der Waals surface area (Å²) in [5.74, 6) is -0.328. The van der Waals surface area contributed by atoms with Gasteiger partial charge >= 0.3 is 5.97 Å². The van der Waals surface area contributed by atoms with Crippen LogP contribution in [0, 0.1) is 0 Å². The van der Waals surface area contributed by atoms with Gasteiger partial charge in [-0.2, -0.15) is 0 Å². The van der Waals surface area contributed by atoms with Crippen molar-refractivity contribution >= 4 is 5.97 Å². The standard InChI is InChI=1S/C24H32O3/c1-3-4-5-6-7-8-12-17-27-23-16-15-21(18-22(23)24(25)26)19(2)20-13-10-9-11-14-20/h9-11,13-16,18-19H,3-8,12,17H2,1-2H3,(H,25,26). The first-order valence-electron chi connectivity index (χ1n) is 10.2. The highest BCUT2D eigenvalue weighted by Crippen LogP contribution is 2.29. The van der Waals surface area contributed by atoms with Crippen LogP contribution in [0.25, 0.3) is 0 Å². The second-order valence-corrected chi connectivity index (χ2v) is 7.16. The molecule has 0 bridgehead atoms. The van der Waals surface area contributed by atoms with E-state index >= 15 is 0 Å². The lowest BCUT2D eigenvalue weighted by Crippen LogP contribution is -2.06. The highest BCUT2D eigenvalue weighted by atomic mass is 16.5. The summed E-state index contributed by atoms with van der Waals surface area (Å²) in [4.78, 5) is 11.7. The Kier molecular flexibility index (Phi) is 8.90. The number of carboxylic acids is 1. The maximum Gasteiger partial charge on any atom is 0.339 e. The lowest BCUT2D eigenvalue weighted by molar-refractivity contribution is 0.0692. The summed E-state index contributed by atoms with van der Waals surface area (Å²) in [5.41, 5.74) is 2.41. The van der Waals surface area contributed by atoms with Crippen molar-refractivity contribution in [2.24, 2.45) is 0 Å². The van der Waals surface area contributed by atoms with E-state index in [0.717, 1.165) is 18.4 Å². The number of hydrogen-bond acceptors (Lipinski definition) is 2. The molecule has 0 spiro atoms. The van der Waals surface area contributed by atoms with Gasteiger partial charge < -0.3 is 9.84 Å². The van der Waals surface area contributed by atoms with Gasteiger partial charge in [0, 0.05) is 5.92 Å². The molecule has 2 rings (SSSR count). The van der Waals surface area contributed by atoms with Gasteiger partial charge in [0.05, 0.1) is 6.61 Å². The zero-order chi connectivity index (χ0) is 19.5. The molecule has 2 aromatic rings. The first kappa shape index (κ1) is 21.0. The average Bonchev–Trinajstić information content (AvgIpc) is 2.70. The first-order chi connectivity index (χ1) is 13.1. The third-order valence-electron chi connectivity index (χ3n) is 5.04. The number of rotatable bonds is 12. The van der Waals surface area contributed by atoms with Crippen molar-refractivity contribution in [1.29, 1.82) is 0 Å². The molecule has 0 saturated carbocycles. The Balaban J connectivity index is 1.92. The highest BCUT2D eigenvalue weighted by molar-refractivity contribution is 5.91. The summed E-state index contributed by atoms with van der Waals surface area (Å²) in [6.07, 6.45) is 8.49. The van der Waals surface area contributed by atoms with Crippen LogP contribution in [0.3, 0.4) is 0 Å². The summed E-state index contributed by atoms with van der Waals surface area (Å²) >= 11 is 0. The Bertz CT molecular complexity index is 694. The molecule has 146 valence electrons. The van der Waals surface area contributed by atoms with Crippen molar-refractivity contribution in [2.45, 2.75) is 64.7 Å². The van der Waals surface area contributed by atoms with E-state index in [1.807, 2.05) is 24.3 Å². The third-order valence-corrected chi connectivity index (χ3v) is 5.04. The predicted molar refractivity (Wildman–Crippen MR) is 111 cm³/mol. The molecule has 1 unspecified atom stereocenters. The maximum absolute atomic E-state index is 11.7. The van der Waals surface area contributed by atoms with Crippen molar-refractivity contribution in [2.75, 3.05) is 6.61 Å². The van der Waals surface area contributed by atoms with Crippen LogP contribution < -0.4 is 4.74 Å². The number of benzene rings is 2. The summed E-state index contributed by atoms with van der Waals surface area (Å²) in [6.45, 7) is 4.89. The molecule has 0 aliphatic rings. The first-order valence-corrected chi connectivity index (χ1v) is 10.2. The van der Waals surface area contributed by atoms with E-state index < -0.39 is 5.97 Å². The molecule has 0 aliphatic heterocycles. The maximum atomic E-state index is 11.7. The number of aromatic carboxylic acids is 1. The van der Waals surface area contributed by atoms with Crippen LogP contribution in [0.2, 0.25) is 0 Å². The number of unbranched alkanes of at least 4 members (excludes halogenated alkanes) is 6. The molecule has 0 radical (unpaired) electrons. The SMILES string of the molecule is CCCCCCCCCOc1ccc(C(C)c2ccccc2)cc1C(=O)O. The molecule has 0 aromatic heterocycles. The molecule has 0 aliphatic carbocycles. The van der Waals surface area contributed by atoms with Crippen LogP contribution in [-0.2, 0) is 0 Å². The smallest absolute Gasteiger partial charge is 0.339 e. The summed E-state index contributed by atoms with van der Waals surface area (Å²) in [6, 6.07) is 15.7. The van der Waals surface area contributed by atoms with Crippen LogP contribution in [0.4, 0.5) is 0 Å². The second-order valence-electron chi connectivity index (χ2n) is 7.16. The topological polar surface area (TPSA) is 46.5 Å². The molecule has 3 heteroatoms. The molecule has 1 atom stereocenters. The fourth-order valence-corrected chi connectivity index (χ4v) is 3.29. The van der Waals surface area contributed by atoms with Gasteiger partial charge in [-0.1, -0.05) is 88.8 Å². The molecule has 2 aromatic carbocycles. The third kappa shape index (κ3) is 6.74. The Hall–Kier alpha value is -2.29. The number of hydrogen-bond donors (Lipinski definition) is 1. The van der Waals surface area contributed by atoms with Crippen LogP contribution in [-0.4, -0.2) is 17.7 Å². The summed E-state index contributed by atoms with van der Waals surface area (Å²) in [7, 11) is 0. The van der Waals surface area contributed by atoms with Crippen LogP contribution in [0.15, 0.2) is 48.5 Å². The normalized spacial score (nSPS) is 11.9. The van der Waals surface area contributed by atoms with E-state index in [4.69, 9.17) is 4.74 Å². The van der Waals surface area contributed by atoms with E-state index in [1.165, 1.54) is 37.7 Å². The summed E-state index contributed by atoms with van der Waals surface area (Å²) < 4.78 is 5.79. The van der Waals surface area contributed by atoms with E-state index in [2.05, 4.69) is 26.0 Å². The molecular formula is C24H32O3. The number of carboxylic acid groups (broad SMARTS) is 1. The van der Waals surface area contributed by atoms with Gasteiger partial charge in [0.15, 0.2) is 0 Å². The zero-order valence-corrected chi connectivity index (χ0v) is 16.6. The minimum atomic E-state index is -0.938. The Labute approximate surface area is 163 Å². The second kappa shape index (κ2) is 11.4. The van der Waals surface area contributed by atoms with Gasteiger partial charge in [0.2, 0.25) is 0 Å². The Morgan fingerprint density at radius 3 is 2.26 bits per heavy atom. The quantitative estimate of drug-likeness (QED) is 0.426. The molecule has 0 saturated heterocycles. The van der Waals surface area contributed by atoms with Crippen molar-refractivity contribution in [3.8, 4) is 5.75 Å². The van der Waals surface area contributed by atoms with Gasteiger partial charge in [-0.15, -0.1) is 0 Å². The molecule has 27 heavy (non-hydrogen) atoms. The molecule has 0 fully saturated rings. The minimum Gasteiger partial charge on any atom is -0.493 e. The zero-order valence-electron chi connectivity index (χ0n) is 16.6. The molecular weight excluding hydrogens is 336 g/mol. The van der Waals surface area contributed by atoms with Crippen LogP contribution in [0.5, 0.6) is 5.75 Å². The molecule has 3 nitrogen and oxygen atoms in total. The van der Waals surface area contributed by atoms with E-state index in [1.54, 1.807) is 12.1 Å². The van der Waals surface area contributed by atoms with Crippen molar-refractivity contribution in [3.63, 3.8) is 0 Å². The van der Waals surface area contributed by atoms with Crippen LogP contribution in [0.1, 0.15) is 86.2 Å². The fourth-order valence-electron chi connectivity index (χ4n) is 3.29. The van der Waals surface area contributed by atoms with Crippen molar-refractivity contribution in [3.05, 3.63) is 65.2 Å². The number of carbonyl (C=O) groups is 1. The van der Waals surface area contributed by atoms with Crippen LogP contribution >= 0.6 is 0 Å². The summed E-state index contributed by atoms with van der Waals surface area (Å²) in [5, 5.41) is 9.59.